The number of rotatable bonds is 9. The van der Waals surface area contributed by atoms with E-state index in [1.165, 1.54) is 14.0 Å². The van der Waals surface area contributed by atoms with E-state index in [1.807, 2.05) is 0 Å². The van der Waals surface area contributed by atoms with Crippen molar-refractivity contribution in [2.75, 3.05) is 26.8 Å². The SMILES string of the molecule is CCOC(=O)CN(CC(F)(F)F)C(=O)c1ccc(OC)c(S(=O)(=O)NC(C)C)c1. The molecule has 0 aliphatic carbocycles. The van der Waals surface area contributed by atoms with Gasteiger partial charge in [-0.2, -0.15) is 13.2 Å². The predicted molar refractivity (Wildman–Crippen MR) is 97.0 cm³/mol. The van der Waals surface area contributed by atoms with Crippen molar-refractivity contribution in [2.24, 2.45) is 0 Å². The summed E-state index contributed by atoms with van der Waals surface area (Å²) in [5, 5.41) is 0. The Labute approximate surface area is 167 Å². The van der Waals surface area contributed by atoms with Crippen molar-refractivity contribution in [2.45, 2.75) is 37.9 Å². The highest BCUT2D eigenvalue weighted by atomic mass is 32.2. The van der Waals surface area contributed by atoms with Crippen LogP contribution in [0.5, 0.6) is 5.75 Å². The minimum Gasteiger partial charge on any atom is -0.495 e. The first-order valence-electron chi connectivity index (χ1n) is 8.52. The zero-order chi connectivity index (χ0) is 22.4. The van der Waals surface area contributed by atoms with E-state index in [0.717, 1.165) is 18.2 Å². The molecule has 1 amide bonds. The molecule has 164 valence electrons. The number of alkyl halides is 3. The van der Waals surface area contributed by atoms with Crippen molar-refractivity contribution in [1.29, 1.82) is 0 Å². The Hall–Kier alpha value is -2.34. The highest BCUT2D eigenvalue weighted by Gasteiger charge is 2.35. The van der Waals surface area contributed by atoms with Crippen molar-refractivity contribution in [3.8, 4) is 5.75 Å². The molecule has 0 saturated heterocycles. The fourth-order valence-electron chi connectivity index (χ4n) is 2.35. The molecule has 0 bridgehead atoms. The molecule has 0 aromatic heterocycles. The normalized spacial score (nSPS) is 12.0. The number of esters is 1. The van der Waals surface area contributed by atoms with Gasteiger partial charge in [-0.3, -0.25) is 9.59 Å². The Morgan fingerprint density at radius 2 is 1.86 bits per heavy atom. The monoisotopic (exact) mass is 440 g/mol. The van der Waals surface area contributed by atoms with Gasteiger partial charge in [0.15, 0.2) is 0 Å². The lowest BCUT2D eigenvalue weighted by Gasteiger charge is -2.23. The Kier molecular flexibility index (Phi) is 8.45. The highest BCUT2D eigenvalue weighted by molar-refractivity contribution is 7.89. The van der Waals surface area contributed by atoms with Crippen molar-refractivity contribution in [1.82, 2.24) is 9.62 Å². The van der Waals surface area contributed by atoms with Gasteiger partial charge in [0.1, 0.15) is 23.7 Å². The highest BCUT2D eigenvalue weighted by Crippen LogP contribution is 2.26. The van der Waals surface area contributed by atoms with Crippen molar-refractivity contribution in [3.05, 3.63) is 23.8 Å². The number of hydrogen-bond donors (Lipinski definition) is 1. The van der Waals surface area contributed by atoms with Crippen LogP contribution in [0.2, 0.25) is 0 Å². The van der Waals surface area contributed by atoms with Crippen LogP contribution in [-0.4, -0.2) is 64.2 Å². The molecule has 0 radical (unpaired) electrons. The first-order valence-corrected chi connectivity index (χ1v) is 10.0. The molecule has 1 aromatic carbocycles. The molecule has 12 heteroatoms. The molecule has 1 N–H and O–H groups in total. The number of carbonyl (C=O) groups excluding carboxylic acids is 2. The first-order chi connectivity index (χ1) is 13.3. The third-order valence-corrected chi connectivity index (χ3v) is 5.05. The van der Waals surface area contributed by atoms with E-state index < -0.39 is 52.1 Å². The molecular formula is C17H23F3N2O6S. The summed E-state index contributed by atoms with van der Waals surface area (Å²) >= 11 is 0. The fraction of sp³-hybridized carbons (Fsp3) is 0.529. The van der Waals surface area contributed by atoms with E-state index in [9.17, 15) is 31.2 Å². The Bertz CT molecular complexity index is 840. The summed E-state index contributed by atoms with van der Waals surface area (Å²) in [7, 11) is -2.90. The molecule has 0 heterocycles. The van der Waals surface area contributed by atoms with Crippen LogP contribution in [0.15, 0.2) is 23.1 Å². The van der Waals surface area contributed by atoms with Gasteiger partial charge in [0.2, 0.25) is 10.0 Å². The van der Waals surface area contributed by atoms with Crippen LogP contribution in [0, 0.1) is 0 Å². The second-order valence-corrected chi connectivity index (χ2v) is 7.91. The van der Waals surface area contributed by atoms with Gasteiger partial charge in [0, 0.05) is 11.6 Å². The van der Waals surface area contributed by atoms with Crippen LogP contribution in [0.4, 0.5) is 13.2 Å². The number of hydrogen-bond acceptors (Lipinski definition) is 6. The minimum absolute atomic E-state index is 0.0708. The van der Waals surface area contributed by atoms with Gasteiger partial charge in [-0.1, -0.05) is 0 Å². The van der Waals surface area contributed by atoms with Gasteiger partial charge < -0.3 is 14.4 Å². The Morgan fingerprint density at radius 1 is 1.24 bits per heavy atom. The molecule has 0 saturated carbocycles. The number of methoxy groups -OCH3 is 1. The molecule has 0 atom stereocenters. The van der Waals surface area contributed by atoms with E-state index in [2.05, 4.69) is 9.46 Å². The summed E-state index contributed by atoms with van der Waals surface area (Å²) in [6, 6.07) is 2.69. The standard InChI is InChI=1S/C17H23F3N2O6S/c1-5-28-15(23)9-22(10-17(18,19)20)16(24)12-6-7-13(27-4)14(8-12)29(25,26)21-11(2)3/h6-8,11,21H,5,9-10H2,1-4H3. The summed E-state index contributed by atoms with van der Waals surface area (Å²) < 4.78 is 75.5. The zero-order valence-electron chi connectivity index (χ0n) is 16.4. The first kappa shape index (κ1) is 24.7. The van der Waals surface area contributed by atoms with Crippen molar-refractivity contribution >= 4 is 21.9 Å². The Morgan fingerprint density at radius 3 is 2.34 bits per heavy atom. The molecule has 0 fully saturated rings. The van der Waals surface area contributed by atoms with Crippen LogP contribution in [0.3, 0.4) is 0 Å². The minimum atomic E-state index is -4.78. The topological polar surface area (TPSA) is 102 Å². The molecule has 0 unspecified atom stereocenters. The van der Waals surface area contributed by atoms with E-state index in [1.54, 1.807) is 13.8 Å². The van der Waals surface area contributed by atoms with Gasteiger partial charge in [0.05, 0.1) is 13.7 Å². The number of ether oxygens (including phenoxy) is 2. The van der Waals surface area contributed by atoms with Crippen molar-refractivity contribution < 1.29 is 40.7 Å². The number of nitrogens with zero attached hydrogens (tertiary/aromatic N) is 1. The summed E-state index contributed by atoms with van der Waals surface area (Å²) in [5.41, 5.74) is -0.358. The van der Waals surface area contributed by atoms with Crippen LogP contribution < -0.4 is 9.46 Å². The van der Waals surface area contributed by atoms with Crippen LogP contribution in [0.25, 0.3) is 0 Å². The predicted octanol–water partition coefficient (Wildman–Crippen LogP) is 1.95. The molecule has 29 heavy (non-hydrogen) atoms. The summed E-state index contributed by atoms with van der Waals surface area (Å²) in [4.78, 5) is 24.1. The Balaban J connectivity index is 3.35. The van der Waals surface area contributed by atoms with E-state index >= 15 is 0 Å². The molecule has 8 nitrogen and oxygen atoms in total. The summed E-state index contributed by atoms with van der Waals surface area (Å²) in [6.07, 6.45) is -4.78. The van der Waals surface area contributed by atoms with E-state index in [0.29, 0.717) is 0 Å². The zero-order valence-corrected chi connectivity index (χ0v) is 17.2. The third kappa shape index (κ3) is 7.54. The average Bonchev–Trinajstić information content (AvgIpc) is 2.58. The number of sulfonamides is 1. The lowest BCUT2D eigenvalue weighted by Crippen LogP contribution is -2.42. The van der Waals surface area contributed by atoms with Gasteiger partial charge >= 0.3 is 12.1 Å². The molecule has 1 rings (SSSR count). The number of amides is 1. The maximum atomic E-state index is 12.9. The maximum Gasteiger partial charge on any atom is 0.406 e. The smallest absolute Gasteiger partial charge is 0.406 e. The number of nitrogens with one attached hydrogen (secondary N) is 1. The third-order valence-electron chi connectivity index (χ3n) is 3.37. The molecule has 0 aliphatic heterocycles. The number of benzene rings is 1. The molecular weight excluding hydrogens is 417 g/mol. The maximum absolute atomic E-state index is 12.9. The van der Waals surface area contributed by atoms with Crippen molar-refractivity contribution in [3.63, 3.8) is 0 Å². The largest absolute Gasteiger partial charge is 0.495 e. The summed E-state index contributed by atoms with van der Waals surface area (Å²) in [5.74, 6) is -2.30. The molecule has 0 spiro atoms. The van der Waals surface area contributed by atoms with Crippen LogP contribution >= 0.6 is 0 Å². The quantitative estimate of drug-likeness (QED) is 0.589. The second-order valence-electron chi connectivity index (χ2n) is 6.22. The second kappa shape index (κ2) is 9.92. The lowest BCUT2D eigenvalue weighted by atomic mass is 10.2. The lowest BCUT2D eigenvalue weighted by molar-refractivity contribution is -0.153. The van der Waals surface area contributed by atoms with Gasteiger partial charge in [-0.25, -0.2) is 13.1 Å². The number of halogens is 3. The molecule has 1 aromatic rings. The van der Waals surface area contributed by atoms with Gasteiger partial charge in [-0.05, 0) is 39.0 Å². The van der Waals surface area contributed by atoms with Gasteiger partial charge in [0.25, 0.3) is 5.91 Å². The fourth-order valence-corrected chi connectivity index (χ4v) is 3.80. The average molecular weight is 440 g/mol. The molecule has 0 aliphatic rings. The number of carbonyl (C=O) groups is 2. The van der Waals surface area contributed by atoms with Gasteiger partial charge in [-0.15, -0.1) is 0 Å². The van der Waals surface area contributed by atoms with E-state index in [-0.39, 0.29) is 22.8 Å². The summed E-state index contributed by atoms with van der Waals surface area (Å²) in [6.45, 7) is 1.90. The van der Waals surface area contributed by atoms with E-state index in [4.69, 9.17) is 4.74 Å². The van der Waals surface area contributed by atoms with Crippen LogP contribution in [-0.2, 0) is 19.6 Å². The van der Waals surface area contributed by atoms with Crippen LogP contribution in [0.1, 0.15) is 31.1 Å².